The van der Waals surface area contributed by atoms with Crippen molar-refractivity contribution in [1.82, 2.24) is 4.90 Å². The molecule has 1 aliphatic carbocycles. The van der Waals surface area contributed by atoms with Crippen molar-refractivity contribution in [3.05, 3.63) is 35.6 Å². The van der Waals surface area contributed by atoms with Crippen LogP contribution in [0.5, 0.6) is 0 Å². The second-order valence-electron chi connectivity index (χ2n) is 6.04. The van der Waals surface area contributed by atoms with Gasteiger partial charge in [-0.3, -0.25) is 4.79 Å². The summed E-state index contributed by atoms with van der Waals surface area (Å²) < 4.78 is 13.3. The molecule has 0 bridgehead atoms. The molecule has 1 atom stereocenters. The zero-order valence-electron chi connectivity index (χ0n) is 12.8. The van der Waals surface area contributed by atoms with Crippen LogP contribution in [0.15, 0.2) is 29.4 Å². The van der Waals surface area contributed by atoms with E-state index >= 15 is 0 Å². The summed E-state index contributed by atoms with van der Waals surface area (Å²) in [6.45, 7) is 3.38. The minimum absolute atomic E-state index is 0.132. The Morgan fingerprint density at radius 1 is 1.45 bits per heavy atom. The maximum absolute atomic E-state index is 13.3. The third-order valence-electron chi connectivity index (χ3n) is 4.05. The Labute approximate surface area is 129 Å². The SMILES string of the molecule is CCCN(C[C@H]1CC(c2cccc(F)c2)=NO1)C(=O)C1CC1. The quantitative estimate of drug-likeness (QED) is 0.811. The predicted molar refractivity (Wildman–Crippen MR) is 82.0 cm³/mol. The van der Waals surface area contributed by atoms with E-state index in [-0.39, 0.29) is 23.7 Å². The van der Waals surface area contributed by atoms with Gasteiger partial charge in [-0.15, -0.1) is 0 Å². The molecule has 118 valence electrons. The lowest BCUT2D eigenvalue weighted by atomic mass is 10.0. The van der Waals surface area contributed by atoms with Crippen molar-refractivity contribution < 1.29 is 14.0 Å². The fourth-order valence-corrected chi connectivity index (χ4v) is 2.76. The molecule has 3 rings (SSSR count). The molecule has 2 aliphatic rings. The Kier molecular flexibility index (Phi) is 4.41. The first-order chi connectivity index (χ1) is 10.7. The van der Waals surface area contributed by atoms with Crippen molar-refractivity contribution in [3.63, 3.8) is 0 Å². The average Bonchev–Trinajstić information content (AvgIpc) is 3.25. The highest BCUT2D eigenvalue weighted by molar-refractivity contribution is 6.01. The van der Waals surface area contributed by atoms with Gasteiger partial charge in [-0.1, -0.05) is 24.2 Å². The van der Waals surface area contributed by atoms with Gasteiger partial charge in [0.25, 0.3) is 0 Å². The molecule has 1 saturated carbocycles. The maximum Gasteiger partial charge on any atom is 0.225 e. The molecule has 1 amide bonds. The van der Waals surface area contributed by atoms with E-state index in [1.807, 2.05) is 11.0 Å². The summed E-state index contributed by atoms with van der Waals surface area (Å²) in [5, 5.41) is 4.07. The van der Waals surface area contributed by atoms with Crippen LogP contribution in [0.2, 0.25) is 0 Å². The van der Waals surface area contributed by atoms with Gasteiger partial charge in [0, 0.05) is 24.4 Å². The van der Waals surface area contributed by atoms with E-state index in [2.05, 4.69) is 12.1 Å². The van der Waals surface area contributed by atoms with Gasteiger partial charge in [0.2, 0.25) is 5.91 Å². The molecule has 1 heterocycles. The predicted octanol–water partition coefficient (Wildman–Crippen LogP) is 2.97. The van der Waals surface area contributed by atoms with Gasteiger partial charge < -0.3 is 9.74 Å². The molecule has 0 N–H and O–H groups in total. The van der Waals surface area contributed by atoms with Crippen LogP contribution in [-0.2, 0) is 9.63 Å². The monoisotopic (exact) mass is 304 g/mol. The number of hydrogen-bond acceptors (Lipinski definition) is 3. The van der Waals surface area contributed by atoms with E-state index < -0.39 is 0 Å². The van der Waals surface area contributed by atoms with Crippen molar-refractivity contribution in [2.45, 2.75) is 38.7 Å². The Hall–Kier alpha value is -1.91. The summed E-state index contributed by atoms with van der Waals surface area (Å²) in [5.74, 6) is 0.182. The van der Waals surface area contributed by atoms with E-state index in [1.54, 1.807) is 6.07 Å². The first kappa shape index (κ1) is 15.0. The van der Waals surface area contributed by atoms with Crippen LogP contribution in [0, 0.1) is 11.7 Å². The zero-order chi connectivity index (χ0) is 15.5. The van der Waals surface area contributed by atoms with E-state index in [0.29, 0.717) is 13.0 Å². The first-order valence-electron chi connectivity index (χ1n) is 7.94. The van der Waals surface area contributed by atoms with Gasteiger partial charge in [0.15, 0.2) is 6.10 Å². The molecule has 1 aromatic carbocycles. The number of rotatable bonds is 6. The Morgan fingerprint density at radius 2 is 2.27 bits per heavy atom. The van der Waals surface area contributed by atoms with Crippen LogP contribution in [0.3, 0.4) is 0 Å². The molecule has 4 nitrogen and oxygen atoms in total. The lowest BCUT2D eigenvalue weighted by Gasteiger charge is -2.24. The molecular weight excluding hydrogens is 283 g/mol. The van der Waals surface area contributed by atoms with Crippen molar-refractivity contribution in [1.29, 1.82) is 0 Å². The summed E-state index contributed by atoms with van der Waals surface area (Å²) >= 11 is 0. The molecule has 5 heteroatoms. The number of carbonyl (C=O) groups excluding carboxylic acids is 1. The normalized spacial score (nSPS) is 20.5. The third kappa shape index (κ3) is 3.46. The van der Waals surface area contributed by atoms with Crippen LogP contribution < -0.4 is 0 Å². The smallest absolute Gasteiger partial charge is 0.225 e. The van der Waals surface area contributed by atoms with Crippen molar-refractivity contribution in [3.8, 4) is 0 Å². The molecule has 1 aromatic rings. The third-order valence-corrected chi connectivity index (χ3v) is 4.05. The van der Waals surface area contributed by atoms with Crippen LogP contribution in [-0.4, -0.2) is 35.7 Å². The van der Waals surface area contributed by atoms with E-state index in [4.69, 9.17) is 4.84 Å². The molecule has 0 aromatic heterocycles. The highest BCUT2D eigenvalue weighted by Crippen LogP contribution is 2.31. The van der Waals surface area contributed by atoms with E-state index in [9.17, 15) is 9.18 Å². The molecule has 22 heavy (non-hydrogen) atoms. The number of carbonyl (C=O) groups is 1. The molecule has 0 radical (unpaired) electrons. The van der Waals surface area contributed by atoms with Crippen LogP contribution in [0.4, 0.5) is 4.39 Å². The molecule has 0 unspecified atom stereocenters. The molecule has 1 aliphatic heterocycles. The lowest BCUT2D eigenvalue weighted by molar-refractivity contribution is -0.134. The highest BCUT2D eigenvalue weighted by atomic mass is 19.1. The maximum atomic E-state index is 13.3. The van der Waals surface area contributed by atoms with Crippen molar-refractivity contribution in [2.24, 2.45) is 11.1 Å². The fraction of sp³-hybridized carbons (Fsp3) is 0.529. The van der Waals surface area contributed by atoms with Crippen molar-refractivity contribution in [2.75, 3.05) is 13.1 Å². The summed E-state index contributed by atoms with van der Waals surface area (Å²) in [4.78, 5) is 19.6. The fourth-order valence-electron chi connectivity index (χ4n) is 2.76. The van der Waals surface area contributed by atoms with Gasteiger partial charge in [-0.25, -0.2) is 4.39 Å². The minimum atomic E-state index is -0.278. The topological polar surface area (TPSA) is 41.9 Å². The number of amides is 1. The summed E-state index contributed by atoms with van der Waals surface area (Å²) in [6.07, 6.45) is 3.43. The van der Waals surface area contributed by atoms with Crippen LogP contribution in [0.1, 0.15) is 38.2 Å². The first-order valence-corrected chi connectivity index (χ1v) is 7.94. The summed E-state index contributed by atoms with van der Waals surface area (Å²) in [5.41, 5.74) is 1.50. The number of halogens is 1. The second-order valence-corrected chi connectivity index (χ2v) is 6.04. The van der Waals surface area contributed by atoms with Gasteiger partial charge in [-0.05, 0) is 31.4 Å². The lowest BCUT2D eigenvalue weighted by Crippen LogP contribution is -2.39. The Bertz CT molecular complexity index is 584. The molecule has 1 fully saturated rings. The zero-order valence-corrected chi connectivity index (χ0v) is 12.8. The number of benzene rings is 1. The largest absolute Gasteiger partial charge is 0.390 e. The van der Waals surface area contributed by atoms with Gasteiger partial charge in [-0.2, -0.15) is 0 Å². The van der Waals surface area contributed by atoms with E-state index in [1.165, 1.54) is 12.1 Å². The Morgan fingerprint density at radius 3 is 2.95 bits per heavy atom. The minimum Gasteiger partial charge on any atom is -0.390 e. The summed E-state index contributed by atoms with van der Waals surface area (Å²) in [6, 6.07) is 6.37. The summed E-state index contributed by atoms with van der Waals surface area (Å²) in [7, 11) is 0. The number of nitrogens with zero attached hydrogens (tertiary/aromatic N) is 2. The van der Waals surface area contributed by atoms with Gasteiger partial charge in [0.05, 0.1) is 12.3 Å². The number of oxime groups is 1. The van der Waals surface area contributed by atoms with E-state index in [0.717, 1.165) is 37.1 Å². The molecular formula is C17H21FN2O2. The van der Waals surface area contributed by atoms with Gasteiger partial charge in [0.1, 0.15) is 5.82 Å². The van der Waals surface area contributed by atoms with Gasteiger partial charge >= 0.3 is 0 Å². The Balaban J connectivity index is 1.59. The molecule has 0 spiro atoms. The average molecular weight is 304 g/mol. The molecule has 0 saturated heterocycles. The highest BCUT2D eigenvalue weighted by Gasteiger charge is 2.35. The second kappa shape index (κ2) is 6.46. The van der Waals surface area contributed by atoms with Crippen LogP contribution >= 0.6 is 0 Å². The standard InChI is InChI=1S/C17H21FN2O2/c1-2-8-20(17(21)12-6-7-12)11-15-10-16(19-22-15)13-4-3-5-14(18)9-13/h3-5,9,12,15H,2,6-8,10-11H2,1H3/t15-/m1/s1. The number of hydrogen-bond donors (Lipinski definition) is 0. The van der Waals surface area contributed by atoms with Crippen LogP contribution in [0.25, 0.3) is 0 Å². The van der Waals surface area contributed by atoms with Crippen molar-refractivity contribution >= 4 is 11.6 Å².